The molecule has 3 aromatic rings. The van der Waals surface area contributed by atoms with E-state index in [9.17, 15) is 9.59 Å². The van der Waals surface area contributed by atoms with Gasteiger partial charge < -0.3 is 16.0 Å². The predicted molar refractivity (Wildman–Crippen MR) is 109 cm³/mol. The van der Waals surface area contributed by atoms with E-state index in [0.717, 1.165) is 11.3 Å². The van der Waals surface area contributed by atoms with Crippen molar-refractivity contribution in [3.63, 3.8) is 0 Å². The summed E-state index contributed by atoms with van der Waals surface area (Å²) in [6.07, 6.45) is 4.55. The van der Waals surface area contributed by atoms with Crippen LogP contribution in [0.5, 0.6) is 0 Å². The quantitative estimate of drug-likeness (QED) is 0.667. The van der Waals surface area contributed by atoms with Crippen LogP contribution in [0.2, 0.25) is 5.02 Å². The van der Waals surface area contributed by atoms with Crippen molar-refractivity contribution in [2.75, 3.05) is 17.3 Å². The number of aromatic nitrogens is 2. The van der Waals surface area contributed by atoms with Crippen LogP contribution >= 0.6 is 11.6 Å². The second kappa shape index (κ2) is 8.49. The fourth-order valence-corrected chi connectivity index (χ4v) is 2.76. The first-order valence-corrected chi connectivity index (χ1v) is 8.80. The van der Waals surface area contributed by atoms with Crippen LogP contribution < -0.4 is 16.0 Å². The number of nitrogens with zero attached hydrogens (tertiary/aromatic N) is 3. The van der Waals surface area contributed by atoms with Crippen LogP contribution in [0.3, 0.4) is 0 Å². The Balaban J connectivity index is 1.65. The smallest absolute Gasteiger partial charge is 0.258 e. The maximum atomic E-state index is 12.5. The van der Waals surface area contributed by atoms with Gasteiger partial charge in [0.25, 0.3) is 5.91 Å². The third kappa shape index (κ3) is 4.44. The van der Waals surface area contributed by atoms with Gasteiger partial charge in [-0.1, -0.05) is 23.7 Å². The summed E-state index contributed by atoms with van der Waals surface area (Å²) in [4.78, 5) is 33.2. The van der Waals surface area contributed by atoms with Crippen molar-refractivity contribution in [3.8, 4) is 0 Å². The fourth-order valence-electron chi connectivity index (χ4n) is 2.53. The molecule has 0 atom stereocenters. The zero-order valence-corrected chi connectivity index (χ0v) is 15.8. The van der Waals surface area contributed by atoms with Crippen LogP contribution in [-0.4, -0.2) is 28.8 Å². The maximum Gasteiger partial charge on any atom is 0.258 e. The summed E-state index contributed by atoms with van der Waals surface area (Å²) in [6, 6.07) is 12.4. The minimum Gasteiger partial charge on any atom is -0.366 e. The largest absolute Gasteiger partial charge is 0.366 e. The van der Waals surface area contributed by atoms with Crippen molar-refractivity contribution >= 4 is 34.9 Å². The summed E-state index contributed by atoms with van der Waals surface area (Å²) < 4.78 is 0. The molecule has 0 radical (unpaired) electrons. The number of pyridine rings is 2. The molecule has 0 saturated heterocycles. The lowest BCUT2D eigenvalue weighted by atomic mass is 10.1. The first-order valence-electron chi connectivity index (χ1n) is 8.42. The molecule has 3 rings (SSSR count). The Morgan fingerprint density at radius 1 is 1.11 bits per heavy atom. The van der Waals surface area contributed by atoms with Gasteiger partial charge in [-0.05, 0) is 35.9 Å². The summed E-state index contributed by atoms with van der Waals surface area (Å²) in [7, 11) is 1.72. The second-order valence-corrected chi connectivity index (χ2v) is 6.45. The lowest BCUT2D eigenvalue weighted by Gasteiger charge is -2.18. The Hall–Kier alpha value is -3.45. The Morgan fingerprint density at radius 3 is 2.39 bits per heavy atom. The summed E-state index contributed by atoms with van der Waals surface area (Å²) in [5, 5.41) is 3.43. The van der Waals surface area contributed by atoms with Crippen molar-refractivity contribution in [1.82, 2.24) is 9.97 Å². The third-order valence-electron chi connectivity index (χ3n) is 4.14. The topological polar surface area (TPSA) is 101 Å². The number of anilines is 2. The van der Waals surface area contributed by atoms with Crippen LogP contribution in [0.4, 0.5) is 11.5 Å². The Labute approximate surface area is 167 Å². The van der Waals surface area contributed by atoms with E-state index in [-0.39, 0.29) is 11.5 Å². The standard InChI is InChI=1S/C20H18ClN5O2/c1-26(20(28)14-6-8-23-9-7-14)16-4-2-13(3-5-16)11-24-19-17(21)10-15(12-25-19)18(22)27/h2-10,12H,11H2,1H3,(H2,22,27)(H,24,25). The van der Waals surface area contributed by atoms with Crippen molar-refractivity contribution in [2.24, 2.45) is 5.73 Å². The number of halogens is 1. The number of carbonyl (C=O) groups is 2. The van der Waals surface area contributed by atoms with E-state index in [2.05, 4.69) is 15.3 Å². The van der Waals surface area contributed by atoms with Crippen LogP contribution in [-0.2, 0) is 6.54 Å². The number of hydrogen-bond donors (Lipinski definition) is 2. The molecule has 0 spiro atoms. The summed E-state index contributed by atoms with van der Waals surface area (Å²) >= 11 is 6.12. The average Bonchev–Trinajstić information content (AvgIpc) is 2.72. The zero-order valence-electron chi connectivity index (χ0n) is 15.1. The van der Waals surface area contributed by atoms with Crippen molar-refractivity contribution in [2.45, 2.75) is 6.54 Å². The normalized spacial score (nSPS) is 10.4. The number of nitrogens with two attached hydrogens (primary N) is 1. The van der Waals surface area contributed by atoms with E-state index >= 15 is 0 Å². The molecule has 0 fully saturated rings. The predicted octanol–water partition coefficient (Wildman–Crippen LogP) is 3.12. The van der Waals surface area contributed by atoms with Gasteiger partial charge in [-0.15, -0.1) is 0 Å². The maximum absolute atomic E-state index is 12.5. The highest BCUT2D eigenvalue weighted by Crippen LogP contribution is 2.21. The van der Waals surface area contributed by atoms with E-state index in [1.807, 2.05) is 24.3 Å². The fraction of sp³-hybridized carbons (Fsp3) is 0.100. The van der Waals surface area contributed by atoms with Crippen LogP contribution in [0.25, 0.3) is 0 Å². The molecule has 142 valence electrons. The number of rotatable bonds is 6. The van der Waals surface area contributed by atoms with Gasteiger partial charge in [-0.3, -0.25) is 14.6 Å². The molecule has 0 unspecified atom stereocenters. The van der Waals surface area contributed by atoms with E-state index in [0.29, 0.717) is 22.9 Å². The number of primary amides is 1. The van der Waals surface area contributed by atoms with Gasteiger partial charge in [-0.25, -0.2) is 4.98 Å². The van der Waals surface area contributed by atoms with Gasteiger partial charge in [0.05, 0.1) is 10.6 Å². The molecule has 1 aromatic carbocycles. The molecule has 0 aliphatic heterocycles. The first-order chi connectivity index (χ1) is 13.5. The van der Waals surface area contributed by atoms with Crippen LogP contribution in [0.15, 0.2) is 61.1 Å². The zero-order chi connectivity index (χ0) is 20.1. The minimum absolute atomic E-state index is 0.112. The number of amides is 2. The molecule has 8 heteroatoms. The number of hydrogen-bond acceptors (Lipinski definition) is 5. The third-order valence-corrected chi connectivity index (χ3v) is 4.43. The molecule has 2 heterocycles. The highest BCUT2D eigenvalue weighted by molar-refractivity contribution is 6.33. The van der Waals surface area contributed by atoms with Gasteiger partial charge in [0.1, 0.15) is 5.82 Å². The lowest BCUT2D eigenvalue weighted by Crippen LogP contribution is -2.26. The molecule has 0 aliphatic carbocycles. The molecule has 0 bridgehead atoms. The molecule has 2 aromatic heterocycles. The Bertz CT molecular complexity index is 993. The molecule has 2 amide bonds. The number of carbonyl (C=O) groups excluding carboxylic acids is 2. The molecule has 28 heavy (non-hydrogen) atoms. The Kier molecular flexibility index (Phi) is 5.86. The Morgan fingerprint density at radius 2 is 1.79 bits per heavy atom. The number of nitrogens with one attached hydrogen (secondary N) is 1. The van der Waals surface area contributed by atoms with Crippen molar-refractivity contribution in [1.29, 1.82) is 0 Å². The second-order valence-electron chi connectivity index (χ2n) is 6.04. The van der Waals surface area contributed by atoms with E-state index < -0.39 is 5.91 Å². The van der Waals surface area contributed by atoms with Gasteiger partial charge in [0, 0.05) is 43.4 Å². The van der Waals surface area contributed by atoms with E-state index in [1.165, 1.54) is 12.3 Å². The minimum atomic E-state index is -0.582. The monoisotopic (exact) mass is 395 g/mol. The summed E-state index contributed by atoms with van der Waals surface area (Å²) in [5.74, 6) is -0.235. The first kappa shape index (κ1) is 19.3. The van der Waals surface area contributed by atoms with Gasteiger partial charge >= 0.3 is 0 Å². The number of benzene rings is 1. The summed E-state index contributed by atoms with van der Waals surface area (Å²) in [6.45, 7) is 0.477. The highest BCUT2D eigenvalue weighted by Gasteiger charge is 2.13. The van der Waals surface area contributed by atoms with Crippen molar-refractivity contribution < 1.29 is 9.59 Å². The van der Waals surface area contributed by atoms with Gasteiger partial charge in [-0.2, -0.15) is 0 Å². The lowest BCUT2D eigenvalue weighted by molar-refractivity contribution is 0.0987. The molecular formula is C20H18ClN5O2. The highest BCUT2D eigenvalue weighted by atomic mass is 35.5. The van der Waals surface area contributed by atoms with E-state index in [1.54, 1.807) is 36.5 Å². The molecule has 7 nitrogen and oxygen atoms in total. The molecule has 0 aliphatic rings. The SMILES string of the molecule is CN(C(=O)c1ccncc1)c1ccc(CNc2ncc(C(N)=O)cc2Cl)cc1. The summed E-state index contributed by atoms with van der Waals surface area (Å²) in [5.41, 5.74) is 7.78. The molecular weight excluding hydrogens is 378 g/mol. The van der Waals surface area contributed by atoms with Crippen LogP contribution in [0.1, 0.15) is 26.3 Å². The van der Waals surface area contributed by atoms with Gasteiger partial charge in [0.2, 0.25) is 5.91 Å². The molecule has 3 N–H and O–H groups in total. The average molecular weight is 396 g/mol. The van der Waals surface area contributed by atoms with Gasteiger partial charge in [0.15, 0.2) is 0 Å². The van der Waals surface area contributed by atoms with Crippen LogP contribution in [0, 0.1) is 0 Å². The molecule has 0 saturated carbocycles. The van der Waals surface area contributed by atoms with E-state index in [4.69, 9.17) is 17.3 Å². The van der Waals surface area contributed by atoms with Crippen molar-refractivity contribution in [3.05, 3.63) is 82.8 Å².